The molecule has 5 nitrogen and oxygen atoms in total. The molecule has 0 aliphatic carbocycles. The Hall–Kier alpha value is -2.70. The summed E-state index contributed by atoms with van der Waals surface area (Å²) in [6.45, 7) is 0.695. The summed E-state index contributed by atoms with van der Waals surface area (Å²) in [5.74, 6) is -0.456. The minimum atomic E-state index is -0.473. The number of anilines is 1. The van der Waals surface area contributed by atoms with E-state index in [1.54, 1.807) is 23.1 Å². The molecular formula is C21H17ClN2O3S. The molecule has 1 aliphatic heterocycles. The lowest BCUT2D eigenvalue weighted by atomic mass is 10.2. The third-order valence-corrected chi connectivity index (χ3v) is 5.73. The second-order valence-electron chi connectivity index (χ2n) is 6.40. The van der Waals surface area contributed by atoms with E-state index < -0.39 is 5.97 Å². The molecule has 0 atom stereocenters. The Kier molecular flexibility index (Phi) is 5.41. The standard InChI is InChI=1S/C21H17ClN2O3S/c22-17-9-8-15(11-18(17)24-10-4-7-19(24)25)21(26)27-12-16-13-28-20(23-16)14-5-2-1-3-6-14/h1-3,5-6,8-9,11,13H,4,7,10,12H2. The summed E-state index contributed by atoms with van der Waals surface area (Å²) in [6.07, 6.45) is 1.29. The van der Waals surface area contributed by atoms with Crippen molar-refractivity contribution in [2.75, 3.05) is 11.4 Å². The van der Waals surface area contributed by atoms with Gasteiger partial charge in [0.25, 0.3) is 0 Å². The van der Waals surface area contributed by atoms with Gasteiger partial charge in [-0.05, 0) is 24.6 Å². The molecular weight excluding hydrogens is 396 g/mol. The number of carbonyl (C=O) groups excluding carboxylic acids is 2. The molecule has 0 N–H and O–H groups in total. The second-order valence-corrected chi connectivity index (χ2v) is 7.67. The smallest absolute Gasteiger partial charge is 0.338 e. The molecule has 1 fully saturated rings. The van der Waals surface area contributed by atoms with Crippen LogP contribution >= 0.6 is 22.9 Å². The first kappa shape index (κ1) is 18.7. The second kappa shape index (κ2) is 8.12. The highest BCUT2D eigenvalue weighted by molar-refractivity contribution is 7.13. The van der Waals surface area contributed by atoms with Crippen molar-refractivity contribution in [3.8, 4) is 10.6 Å². The summed E-state index contributed by atoms with van der Waals surface area (Å²) >= 11 is 7.73. The maximum Gasteiger partial charge on any atom is 0.338 e. The van der Waals surface area contributed by atoms with Crippen molar-refractivity contribution in [3.05, 3.63) is 70.2 Å². The van der Waals surface area contributed by atoms with Crippen LogP contribution in [0.4, 0.5) is 5.69 Å². The number of halogens is 1. The van der Waals surface area contributed by atoms with Gasteiger partial charge in [-0.25, -0.2) is 9.78 Å². The van der Waals surface area contributed by atoms with Gasteiger partial charge in [0.2, 0.25) is 5.91 Å². The van der Waals surface area contributed by atoms with Gasteiger partial charge in [-0.15, -0.1) is 11.3 Å². The Morgan fingerprint density at radius 1 is 1.21 bits per heavy atom. The zero-order valence-electron chi connectivity index (χ0n) is 14.9. The first-order valence-corrected chi connectivity index (χ1v) is 10.1. The highest BCUT2D eigenvalue weighted by atomic mass is 35.5. The normalized spacial score (nSPS) is 13.8. The van der Waals surface area contributed by atoms with Gasteiger partial charge in [0.05, 0.1) is 22.0 Å². The molecule has 0 saturated carbocycles. The van der Waals surface area contributed by atoms with E-state index in [9.17, 15) is 9.59 Å². The topological polar surface area (TPSA) is 59.5 Å². The lowest BCUT2D eigenvalue weighted by Crippen LogP contribution is -2.24. The third-order valence-electron chi connectivity index (χ3n) is 4.47. The molecule has 2 aromatic carbocycles. The number of carbonyl (C=O) groups is 2. The zero-order valence-corrected chi connectivity index (χ0v) is 16.5. The zero-order chi connectivity index (χ0) is 19.5. The molecule has 0 bridgehead atoms. The van der Waals surface area contributed by atoms with Gasteiger partial charge in [-0.2, -0.15) is 0 Å². The number of esters is 1. The molecule has 0 unspecified atom stereocenters. The lowest BCUT2D eigenvalue weighted by molar-refractivity contribution is -0.117. The highest BCUT2D eigenvalue weighted by Gasteiger charge is 2.24. The van der Waals surface area contributed by atoms with Crippen LogP contribution in [0.15, 0.2) is 53.9 Å². The predicted molar refractivity (Wildman–Crippen MR) is 110 cm³/mol. The molecule has 1 saturated heterocycles. The summed E-state index contributed by atoms with van der Waals surface area (Å²) in [7, 11) is 0. The third kappa shape index (κ3) is 3.93. The summed E-state index contributed by atoms with van der Waals surface area (Å²) in [6, 6.07) is 14.7. The molecule has 28 heavy (non-hydrogen) atoms. The van der Waals surface area contributed by atoms with Crippen LogP contribution in [0.2, 0.25) is 5.02 Å². The van der Waals surface area contributed by atoms with E-state index in [4.69, 9.17) is 16.3 Å². The van der Waals surface area contributed by atoms with Crippen molar-refractivity contribution in [1.82, 2.24) is 4.98 Å². The van der Waals surface area contributed by atoms with Gasteiger partial charge in [-0.3, -0.25) is 4.79 Å². The summed E-state index contributed by atoms with van der Waals surface area (Å²) in [5.41, 5.74) is 2.64. The van der Waals surface area contributed by atoms with Crippen LogP contribution in [0.1, 0.15) is 28.9 Å². The number of nitrogens with zero attached hydrogens (tertiary/aromatic N) is 2. The van der Waals surface area contributed by atoms with E-state index in [0.717, 1.165) is 17.0 Å². The van der Waals surface area contributed by atoms with Crippen molar-refractivity contribution < 1.29 is 14.3 Å². The van der Waals surface area contributed by atoms with Gasteiger partial charge in [0.15, 0.2) is 0 Å². The van der Waals surface area contributed by atoms with Crippen LogP contribution in [-0.2, 0) is 16.1 Å². The van der Waals surface area contributed by atoms with Gasteiger partial charge in [-0.1, -0.05) is 41.9 Å². The number of hydrogen-bond donors (Lipinski definition) is 0. The maximum absolute atomic E-state index is 12.5. The molecule has 0 radical (unpaired) electrons. The lowest BCUT2D eigenvalue weighted by Gasteiger charge is -2.18. The predicted octanol–water partition coefficient (Wildman–Crippen LogP) is 4.95. The summed E-state index contributed by atoms with van der Waals surface area (Å²) in [4.78, 5) is 30.6. The van der Waals surface area contributed by atoms with Gasteiger partial charge in [0.1, 0.15) is 11.6 Å². The average Bonchev–Trinajstić information content (AvgIpc) is 3.36. The fourth-order valence-electron chi connectivity index (χ4n) is 3.06. The SMILES string of the molecule is O=C(OCc1csc(-c2ccccc2)n1)c1ccc(Cl)c(N2CCCC2=O)c1. The van der Waals surface area contributed by atoms with Crippen molar-refractivity contribution in [2.45, 2.75) is 19.4 Å². The van der Waals surface area contributed by atoms with Crippen molar-refractivity contribution >= 4 is 40.5 Å². The van der Waals surface area contributed by atoms with Crippen LogP contribution < -0.4 is 4.90 Å². The first-order valence-electron chi connectivity index (χ1n) is 8.89. The molecule has 1 aliphatic rings. The summed E-state index contributed by atoms with van der Waals surface area (Å²) < 4.78 is 5.41. The van der Waals surface area contributed by atoms with Crippen LogP contribution in [-0.4, -0.2) is 23.4 Å². The Bertz CT molecular complexity index is 1020. The van der Waals surface area contributed by atoms with Gasteiger partial charge >= 0.3 is 5.97 Å². The number of thiazole rings is 1. The molecule has 1 amide bonds. The molecule has 142 valence electrons. The Morgan fingerprint density at radius 2 is 2.04 bits per heavy atom. The number of aromatic nitrogens is 1. The Morgan fingerprint density at radius 3 is 2.79 bits per heavy atom. The van der Waals surface area contributed by atoms with Crippen LogP contribution in [0, 0.1) is 0 Å². The first-order chi connectivity index (χ1) is 13.6. The van der Waals surface area contributed by atoms with E-state index in [1.165, 1.54) is 11.3 Å². The van der Waals surface area contributed by atoms with Gasteiger partial charge in [0, 0.05) is 23.9 Å². The molecule has 2 heterocycles. The number of rotatable bonds is 5. The number of amides is 1. The molecule has 4 rings (SSSR count). The Balaban J connectivity index is 1.44. The molecule has 7 heteroatoms. The van der Waals surface area contributed by atoms with E-state index in [1.807, 2.05) is 35.7 Å². The van der Waals surface area contributed by atoms with Crippen LogP contribution in [0.25, 0.3) is 10.6 Å². The Labute approximate surface area is 171 Å². The molecule has 0 spiro atoms. The minimum Gasteiger partial charge on any atom is -0.456 e. The molecule has 1 aromatic heterocycles. The van der Waals surface area contributed by atoms with Crippen LogP contribution in [0.3, 0.4) is 0 Å². The number of benzene rings is 2. The monoisotopic (exact) mass is 412 g/mol. The molecule has 3 aromatic rings. The van der Waals surface area contributed by atoms with E-state index >= 15 is 0 Å². The van der Waals surface area contributed by atoms with Crippen molar-refractivity contribution in [2.24, 2.45) is 0 Å². The van der Waals surface area contributed by atoms with E-state index in [-0.39, 0.29) is 12.5 Å². The number of hydrogen-bond acceptors (Lipinski definition) is 5. The summed E-state index contributed by atoms with van der Waals surface area (Å²) in [5, 5.41) is 3.21. The van der Waals surface area contributed by atoms with Crippen molar-refractivity contribution in [3.63, 3.8) is 0 Å². The van der Waals surface area contributed by atoms with E-state index in [2.05, 4.69) is 4.98 Å². The fourth-order valence-corrected chi connectivity index (χ4v) is 4.09. The van der Waals surface area contributed by atoms with Crippen molar-refractivity contribution in [1.29, 1.82) is 0 Å². The van der Waals surface area contributed by atoms with E-state index in [0.29, 0.717) is 34.9 Å². The minimum absolute atomic E-state index is 0.0170. The average molecular weight is 413 g/mol. The van der Waals surface area contributed by atoms with Crippen LogP contribution in [0.5, 0.6) is 0 Å². The quantitative estimate of drug-likeness (QED) is 0.556. The van der Waals surface area contributed by atoms with Gasteiger partial charge < -0.3 is 9.64 Å². The fraction of sp³-hybridized carbons (Fsp3) is 0.190. The number of ether oxygens (including phenoxy) is 1. The largest absolute Gasteiger partial charge is 0.456 e. The highest BCUT2D eigenvalue weighted by Crippen LogP contribution is 2.31. The maximum atomic E-state index is 12.5.